The van der Waals surface area contributed by atoms with Gasteiger partial charge in [0.05, 0.1) is 0 Å². The van der Waals surface area contributed by atoms with E-state index >= 15 is 0 Å². The maximum atomic E-state index is 12.4. The Balaban J connectivity index is 1.88. The molecule has 0 aromatic heterocycles. The summed E-state index contributed by atoms with van der Waals surface area (Å²) in [6, 6.07) is 16.2. The third kappa shape index (κ3) is 2.13. The van der Waals surface area contributed by atoms with E-state index in [9.17, 15) is 4.79 Å². The van der Waals surface area contributed by atoms with Crippen molar-refractivity contribution in [3.63, 3.8) is 0 Å². The van der Waals surface area contributed by atoms with Gasteiger partial charge in [-0.05, 0) is 17.2 Å². The molecular formula is C18H17ClN2O. The van der Waals surface area contributed by atoms with Gasteiger partial charge in [-0.15, -0.1) is 0 Å². The molecule has 0 unspecified atom stereocenters. The summed E-state index contributed by atoms with van der Waals surface area (Å²) in [5, 5.41) is 3.65. The monoisotopic (exact) mass is 312 g/mol. The van der Waals surface area contributed by atoms with Gasteiger partial charge in [0.25, 0.3) is 0 Å². The number of halogens is 1. The lowest BCUT2D eigenvalue weighted by atomic mass is 9.80. The van der Waals surface area contributed by atoms with Crippen molar-refractivity contribution in [1.29, 1.82) is 0 Å². The number of nitrogens with one attached hydrogen (secondary N) is 1. The molecule has 0 saturated carbocycles. The largest absolute Gasteiger partial charge is 0.353 e. The second kappa shape index (κ2) is 5.41. The second-order valence-electron chi connectivity index (χ2n) is 5.89. The summed E-state index contributed by atoms with van der Waals surface area (Å²) in [7, 11) is 0. The molecule has 2 aliphatic heterocycles. The van der Waals surface area contributed by atoms with Crippen LogP contribution in [0.25, 0.3) is 0 Å². The fourth-order valence-corrected chi connectivity index (χ4v) is 3.96. The molecule has 112 valence electrons. The second-order valence-corrected chi connectivity index (χ2v) is 6.30. The highest BCUT2D eigenvalue weighted by atomic mass is 35.5. The first kappa shape index (κ1) is 13.8. The Morgan fingerprint density at radius 3 is 2.73 bits per heavy atom. The molecule has 3 nitrogen and oxygen atoms in total. The Morgan fingerprint density at radius 1 is 1.09 bits per heavy atom. The standard InChI is InChI=1S/C18H17ClN2O/c19-15-8-4-7-13-14(12-5-2-1-3-6-12)11-21-10-9-20-18(22)17(21)16(13)15/h1-8,14,17H,9-11H2,(H,20,22)/t14-,17-/m0/s1. The van der Waals surface area contributed by atoms with E-state index in [1.54, 1.807) is 0 Å². The number of piperazine rings is 1. The summed E-state index contributed by atoms with van der Waals surface area (Å²) < 4.78 is 0. The lowest BCUT2D eigenvalue weighted by molar-refractivity contribution is -0.129. The van der Waals surface area contributed by atoms with Gasteiger partial charge >= 0.3 is 0 Å². The SMILES string of the molecule is O=C1NCCN2C[C@@H](c3ccccc3)c3cccc(Cl)c3[C@@H]12. The third-order valence-electron chi connectivity index (χ3n) is 4.67. The zero-order valence-corrected chi connectivity index (χ0v) is 12.9. The average Bonchev–Trinajstić information content (AvgIpc) is 2.55. The van der Waals surface area contributed by atoms with Gasteiger partial charge in [-0.3, -0.25) is 9.69 Å². The van der Waals surface area contributed by atoms with Gasteiger partial charge in [0, 0.05) is 36.1 Å². The van der Waals surface area contributed by atoms with E-state index in [0.717, 1.165) is 18.7 Å². The first-order valence-corrected chi connectivity index (χ1v) is 7.98. The number of hydrogen-bond acceptors (Lipinski definition) is 2. The molecule has 0 spiro atoms. The van der Waals surface area contributed by atoms with Gasteiger partial charge in [-0.25, -0.2) is 0 Å². The van der Waals surface area contributed by atoms with Crippen LogP contribution >= 0.6 is 11.6 Å². The normalized spacial score (nSPS) is 24.3. The van der Waals surface area contributed by atoms with Crippen LogP contribution in [0.5, 0.6) is 0 Å². The fraction of sp³-hybridized carbons (Fsp3) is 0.278. The lowest BCUT2D eigenvalue weighted by Crippen LogP contribution is -2.53. The van der Waals surface area contributed by atoms with Crippen LogP contribution in [-0.4, -0.2) is 30.4 Å². The van der Waals surface area contributed by atoms with E-state index in [0.29, 0.717) is 11.6 Å². The zero-order chi connectivity index (χ0) is 15.1. The molecular weight excluding hydrogens is 296 g/mol. The Kier molecular flexibility index (Phi) is 3.40. The van der Waals surface area contributed by atoms with Crippen molar-refractivity contribution in [3.05, 3.63) is 70.2 Å². The van der Waals surface area contributed by atoms with Gasteiger partial charge in [0.1, 0.15) is 6.04 Å². The summed E-state index contributed by atoms with van der Waals surface area (Å²) >= 11 is 6.47. The number of carbonyl (C=O) groups is 1. The van der Waals surface area contributed by atoms with E-state index in [-0.39, 0.29) is 17.9 Å². The first-order chi connectivity index (χ1) is 10.8. The van der Waals surface area contributed by atoms with Crippen LogP contribution in [0, 0.1) is 0 Å². The molecule has 2 atom stereocenters. The smallest absolute Gasteiger partial charge is 0.242 e. The van der Waals surface area contributed by atoms with Crippen LogP contribution in [0.1, 0.15) is 28.7 Å². The van der Waals surface area contributed by atoms with Crippen molar-refractivity contribution in [3.8, 4) is 0 Å². The fourth-order valence-electron chi connectivity index (χ4n) is 3.67. The number of benzene rings is 2. The average molecular weight is 313 g/mol. The van der Waals surface area contributed by atoms with Gasteiger partial charge in [0.15, 0.2) is 0 Å². The maximum absolute atomic E-state index is 12.4. The summed E-state index contributed by atoms with van der Waals surface area (Å²) in [5.74, 6) is 0.323. The van der Waals surface area contributed by atoms with Crippen molar-refractivity contribution in [2.24, 2.45) is 0 Å². The molecule has 1 amide bonds. The van der Waals surface area contributed by atoms with Crippen molar-refractivity contribution in [1.82, 2.24) is 10.2 Å². The first-order valence-electron chi connectivity index (χ1n) is 7.60. The molecule has 22 heavy (non-hydrogen) atoms. The quantitative estimate of drug-likeness (QED) is 0.878. The van der Waals surface area contributed by atoms with Crippen molar-refractivity contribution in [2.75, 3.05) is 19.6 Å². The van der Waals surface area contributed by atoms with E-state index in [4.69, 9.17) is 11.6 Å². The summed E-state index contributed by atoms with van der Waals surface area (Å²) in [6.45, 7) is 2.43. The molecule has 0 aliphatic carbocycles. The van der Waals surface area contributed by atoms with Gasteiger partial charge in [0.2, 0.25) is 5.91 Å². The Labute approximate surface area is 134 Å². The molecule has 2 aliphatic rings. The molecule has 0 bridgehead atoms. The minimum absolute atomic E-state index is 0.0621. The maximum Gasteiger partial charge on any atom is 0.242 e. The summed E-state index contributed by atoms with van der Waals surface area (Å²) in [6.07, 6.45) is 0. The molecule has 2 aromatic carbocycles. The molecule has 2 heterocycles. The molecule has 2 aromatic rings. The van der Waals surface area contributed by atoms with Crippen LogP contribution in [0.15, 0.2) is 48.5 Å². The number of nitrogens with zero attached hydrogens (tertiary/aromatic N) is 1. The van der Waals surface area contributed by atoms with E-state index in [1.165, 1.54) is 11.1 Å². The number of carbonyl (C=O) groups excluding carboxylic acids is 1. The van der Waals surface area contributed by atoms with Crippen LogP contribution in [0.4, 0.5) is 0 Å². The number of amides is 1. The molecule has 1 fully saturated rings. The number of rotatable bonds is 1. The summed E-state index contributed by atoms with van der Waals surface area (Å²) in [4.78, 5) is 14.6. The predicted molar refractivity (Wildman–Crippen MR) is 87.1 cm³/mol. The highest BCUT2D eigenvalue weighted by Gasteiger charge is 2.40. The lowest BCUT2D eigenvalue weighted by Gasteiger charge is -2.43. The molecule has 1 N–H and O–H groups in total. The van der Waals surface area contributed by atoms with Crippen molar-refractivity contribution in [2.45, 2.75) is 12.0 Å². The minimum Gasteiger partial charge on any atom is -0.353 e. The highest BCUT2D eigenvalue weighted by Crippen LogP contribution is 2.43. The van der Waals surface area contributed by atoms with Gasteiger partial charge in [-0.1, -0.05) is 54.1 Å². The molecule has 4 rings (SSSR count). The van der Waals surface area contributed by atoms with Gasteiger partial charge < -0.3 is 5.32 Å². The van der Waals surface area contributed by atoms with Crippen LogP contribution in [0.3, 0.4) is 0 Å². The number of hydrogen-bond donors (Lipinski definition) is 1. The minimum atomic E-state index is -0.252. The van der Waals surface area contributed by atoms with E-state index in [1.807, 2.05) is 18.2 Å². The Hall–Kier alpha value is -1.84. The van der Waals surface area contributed by atoms with E-state index < -0.39 is 0 Å². The van der Waals surface area contributed by atoms with E-state index in [2.05, 4.69) is 40.5 Å². The summed E-state index contributed by atoms with van der Waals surface area (Å²) in [5.41, 5.74) is 3.42. The van der Waals surface area contributed by atoms with Crippen molar-refractivity contribution >= 4 is 17.5 Å². The van der Waals surface area contributed by atoms with Gasteiger partial charge in [-0.2, -0.15) is 0 Å². The Bertz CT molecular complexity index is 716. The third-order valence-corrected chi connectivity index (χ3v) is 5.00. The van der Waals surface area contributed by atoms with Crippen LogP contribution in [0.2, 0.25) is 5.02 Å². The molecule has 0 radical (unpaired) electrons. The van der Waals surface area contributed by atoms with Crippen LogP contribution < -0.4 is 5.32 Å². The number of fused-ring (bicyclic) bond motifs is 3. The zero-order valence-electron chi connectivity index (χ0n) is 12.1. The van der Waals surface area contributed by atoms with Crippen LogP contribution in [-0.2, 0) is 4.79 Å². The molecule has 1 saturated heterocycles. The highest BCUT2D eigenvalue weighted by molar-refractivity contribution is 6.31. The Morgan fingerprint density at radius 2 is 1.91 bits per heavy atom. The molecule has 4 heteroatoms. The topological polar surface area (TPSA) is 32.3 Å². The predicted octanol–water partition coefficient (Wildman–Crippen LogP) is 2.96. The van der Waals surface area contributed by atoms with Crippen molar-refractivity contribution < 1.29 is 4.79 Å².